The summed E-state index contributed by atoms with van der Waals surface area (Å²) >= 11 is 0. The van der Waals surface area contributed by atoms with E-state index in [9.17, 15) is 9.59 Å². The number of anilines is 1. The quantitative estimate of drug-likeness (QED) is 0.512. The van der Waals surface area contributed by atoms with Gasteiger partial charge in [-0.15, -0.1) is 5.06 Å². The van der Waals surface area contributed by atoms with Gasteiger partial charge in [0, 0.05) is 24.3 Å². The van der Waals surface area contributed by atoms with Crippen molar-refractivity contribution in [3.63, 3.8) is 0 Å². The van der Waals surface area contributed by atoms with Gasteiger partial charge in [0.1, 0.15) is 5.76 Å². The molecule has 0 spiro atoms. The summed E-state index contributed by atoms with van der Waals surface area (Å²) in [6, 6.07) is 14.4. The third-order valence-electron chi connectivity index (χ3n) is 4.85. The Morgan fingerprint density at radius 3 is 2.30 bits per heavy atom. The maximum Gasteiger partial charge on any atom is 0.357 e. The average Bonchev–Trinajstić information content (AvgIpc) is 2.79. The van der Waals surface area contributed by atoms with Crippen LogP contribution in [-0.2, 0) is 14.3 Å². The van der Waals surface area contributed by atoms with Gasteiger partial charge in [0.15, 0.2) is 0 Å². The van der Waals surface area contributed by atoms with Gasteiger partial charge in [0.25, 0.3) is 0 Å². The van der Waals surface area contributed by atoms with Crippen molar-refractivity contribution >= 4 is 23.4 Å². The second-order valence-electron chi connectivity index (χ2n) is 6.74. The number of nitrogens with zero attached hydrogens (tertiary/aromatic N) is 2. The van der Waals surface area contributed by atoms with Crippen LogP contribution >= 0.6 is 0 Å². The van der Waals surface area contributed by atoms with E-state index in [0.29, 0.717) is 55.2 Å². The van der Waals surface area contributed by atoms with Gasteiger partial charge in [-0.25, -0.2) is 9.59 Å². The number of esters is 1. The van der Waals surface area contributed by atoms with E-state index in [2.05, 4.69) is 11.5 Å². The molecule has 1 aliphatic rings. The highest BCUT2D eigenvalue weighted by atomic mass is 16.7. The number of carbonyl (C=O) groups excluding carboxylic acids is 2. The Hall–Kier alpha value is -3.32. The van der Waals surface area contributed by atoms with E-state index >= 15 is 0 Å². The molecule has 0 unspecified atom stereocenters. The molecule has 0 amide bonds. The van der Waals surface area contributed by atoms with Crippen LogP contribution in [0.3, 0.4) is 0 Å². The number of hydrogen-bond acceptors (Lipinski definition) is 7. The molecule has 1 aliphatic heterocycles. The summed E-state index contributed by atoms with van der Waals surface area (Å²) in [7, 11) is 1.35. The van der Waals surface area contributed by atoms with Crippen LogP contribution in [0.25, 0.3) is 5.76 Å². The fourth-order valence-electron chi connectivity index (χ4n) is 3.28. The van der Waals surface area contributed by atoms with E-state index in [1.165, 1.54) is 7.11 Å². The highest BCUT2D eigenvalue weighted by Gasteiger charge is 2.23. The van der Waals surface area contributed by atoms with Gasteiger partial charge in [-0.05, 0) is 37.3 Å². The number of hydrogen-bond donors (Lipinski definition) is 0. The second kappa shape index (κ2) is 9.93. The first-order valence-electron chi connectivity index (χ1n) is 9.85. The van der Waals surface area contributed by atoms with E-state index in [-0.39, 0.29) is 5.97 Å². The molecule has 30 heavy (non-hydrogen) atoms. The van der Waals surface area contributed by atoms with Crippen LogP contribution in [0.15, 0.2) is 55.1 Å². The summed E-state index contributed by atoms with van der Waals surface area (Å²) in [6.45, 7) is 8.73. The number of hydroxylamine groups is 2. The van der Waals surface area contributed by atoms with Crippen molar-refractivity contribution in [2.75, 3.05) is 44.8 Å². The first kappa shape index (κ1) is 21.4. The SMILES string of the molecule is C=C(OCC)c1cc(N2CCN(OC(=O)c3ccccc3)CC2)ccc1C(=O)OC. The summed E-state index contributed by atoms with van der Waals surface area (Å²) < 4.78 is 10.4. The lowest BCUT2D eigenvalue weighted by Crippen LogP contribution is -2.47. The fraction of sp³-hybridized carbons (Fsp3) is 0.304. The molecule has 7 nitrogen and oxygen atoms in total. The maximum absolute atomic E-state index is 12.2. The fourth-order valence-corrected chi connectivity index (χ4v) is 3.28. The highest BCUT2D eigenvalue weighted by molar-refractivity contribution is 5.95. The zero-order valence-corrected chi connectivity index (χ0v) is 17.3. The number of ether oxygens (including phenoxy) is 2. The summed E-state index contributed by atoms with van der Waals surface area (Å²) in [5.74, 6) is -0.369. The number of rotatable bonds is 7. The number of benzene rings is 2. The third-order valence-corrected chi connectivity index (χ3v) is 4.85. The predicted molar refractivity (Wildman–Crippen MR) is 114 cm³/mol. The van der Waals surface area contributed by atoms with E-state index in [0.717, 1.165) is 5.69 Å². The van der Waals surface area contributed by atoms with Gasteiger partial charge in [0.05, 0.1) is 37.9 Å². The lowest BCUT2D eigenvalue weighted by molar-refractivity contribution is -0.112. The van der Waals surface area contributed by atoms with Gasteiger partial charge >= 0.3 is 11.9 Å². The number of methoxy groups -OCH3 is 1. The van der Waals surface area contributed by atoms with Crippen molar-refractivity contribution in [2.45, 2.75) is 6.92 Å². The van der Waals surface area contributed by atoms with Crippen LogP contribution in [0.4, 0.5) is 5.69 Å². The molecule has 1 fully saturated rings. The Morgan fingerprint density at radius 2 is 1.67 bits per heavy atom. The van der Waals surface area contributed by atoms with Gasteiger partial charge in [-0.2, -0.15) is 0 Å². The first-order valence-corrected chi connectivity index (χ1v) is 9.85. The minimum absolute atomic E-state index is 0.359. The van der Waals surface area contributed by atoms with E-state index in [4.69, 9.17) is 14.3 Å². The molecular weight excluding hydrogens is 384 g/mol. The van der Waals surface area contributed by atoms with E-state index in [1.54, 1.807) is 35.4 Å². The van der Waals surface area contributed by atoms with Gasteiger partial charge in [-0.1, -0.05) is 24.8 Å². The smallest absolute Gasteiger partial charge is 0.357 e. The molecule has 0 aromatic heterocycles. The summed E-state index contributed by atoms with van der Waals surface area (Å²) in [4.78, 5) is 32.0. The molecule has 0 bridgehead atoms. The Kier molecular flexibility index (Phi) is 7.08. The third kappa shape index (κ3) is 4.99. The molecule has 1 saturated heterocycles. The highest BCUT2D eigenvalue weighted by Crippen LogP contribution is 2.27. The lowest BCUT2D eigenvalue weighted by Gasteiger charge is -2.35. The second-order valence-corrected chi connectivity index (χ2v) is 6.74. The Morgan fingerprint density at radius 1 is 0.967 bits per heavy atom. The van der Waals surface area contributed by atoms with E-state index < -0.39 is 5.97 Å². The van der Waals surface area contributed by atoms with Crippen LogP contribution in [0.1, 0.15) is 33.2 Å². The molecule has 0 atom stereocenters. The molecule has 2 aromatic rings. The van der Waals surface area contributed by atoms with Crippen LogP contribution in [0.2, 0.25) is 0 Å². The zero-order chi connectivity index (χ0) is 21.5. The van der Waals surface area contributed by atoms with Gasteiger partial charge < -0.3 is 19.2 Å². The van der Waals surface area contributed by atoms with Gasteiger partial charge in [0.2, 0.25) is 0 Å². The lowest BCUT2D eigenvalue weighted by atomic mass is 10.0. The van der Waals surface area contributed by atoms with Gasteiger partial charge in [-0.3, -0.25) is 0 Å². The molecule has 2 aromatic carbocycles. The molecule has 0 N–H and O–H groups in total. The van der Waals surface area contributed by atoms with Crippen molar-refractivity contribution in [1.29, 1.82) is 0 Å². The summed E-state index contributed by atoms with van der Waals surface area (Å²) in [5.41, 5.74) is 2.49. The zero-order valence-electron chi connectivity index (χ0n) is 17.3. The van der Waals surface area contributed by atoms with Crippen LogP contribution in [0, 0.1) is 0 Å². The van der Waals surface area contributed by atoms with Crippen molar-refractivity contribution in [2.24, 2.45) is 0 Å². The van der Waals surface area contributed by atoms with Crippen molar-refractivity contribution in [1.82, 2.24) is 5.06 Å². The molecular formula is C23H26N2O5. The summed E-state index contributed by atoms with van der Waals surface area (Å²) in [5, 5.41) is 1.68. The maximum atomic E-state index is 12.2. The van der Waals surface area contributed by atoms with E-state index in [1.807, 2.05) is 25.1 Å². The number of carbonyl (C=O) groups is 2. The molecule has 0 aliphatic carbocycles. The standard InChI is InChI=1S/C23H26N2O5/c1-4-29-17(2)21-16-19(10-11-20(21)23(27)28-3)24-12-14-25(15-13-24)30-22(26)18-8-6-5-7-9-18/h5-11,16H,2,4,12-15H2,1,3H3. The molecule has 7 heteroatoms. The van der Waals surface area contributed by atoms with Crippen molar-refractivity contribution in [3.8, 4) is 0 Å². The summed E-state index contributed by atoms with van der Waals surface area (Å²) in [6.07, 6.45) is 0. The average molecular weight is 410 g/mol. The topological polar surface area (TPSA) is 68.3 Å². The predicted octanol–water partition coefficient (Wildman–Crippen LogP) is 3.37. The van der Waals surface area contributed by atoms with Crippen LogP contribution in [0.5, 0.6) is 0 Å². The van der Waals surface area contributed by atoms with Crippen molar-refractivity contribution < 1.29 is 23.9 Å². The Labute approximate surface area is 176 Å². The minimum atomic E-state index is -0.435. The monoisotopic (exact) mass is 410 g/mol. The molecule has 158 valence electrons. The molecule has 0 saturated carbocycles. The Bertz CT molecular complexity index is 905. The number of piperazine rings is 1. The Balaban J connectivity index is 1.67. The first-order chi connectivity index (χ1) is 14.5. The van der Waals surface area contributed by atoms with Crippen LogP contribution in [-0.4, -0.2) is 56.9 Å². The molecule has 1 heterocycles. The minimum Gasteiger partial charge on any atom is -0.494 e. The van der Waals surface area contributed by atoms with Crippen LogP contribution < -0.4 is 4.90 Å². The van der Waals surface area contributed by atoms with Crippen molar-refractivity contribution in [3.05, 3.63) is 71.8 Å². The molecule has 0 radical (unpaired) electrons. The largest absolute Gasteiger partial charge is 0.494 e. The molecule has 3 rings (SSSR count). The normalized spacial score (nSPS) is 14.1.